The maximum atomic E-state index is 13.3. The van der Waals surface area contributed by atoms with Gasteiger partial charge in [-0.1, -0.05) is 35.3 Å². The molecule has 0 aliphatic rings. The summed E-state index contributed by atoms with van der Waals surface area (Å²) in [5.41, 5.74) is 1.13. The topological polar surface area (TPSA) is 130 Å². The highest BCUT2D eigenvalue weighted by Crippen LogP contribution is 2.19. The van der Waals surface area contributed by atoms with Gasteiger partial charge in [-0.25, -0.2) is 15.3 Å². The smallest absolute Gasteiger partial charge is 0.350 e. The predicted octanol–water partition coefficient (Wildman–Crippen LogP) is 3.11. The molecule has 0 aliphatic heterocycles. The highest BCUT2D eigenvalue weighted by molar-refractivity contribution is 7.90. The molecule has 0 fully saturated rings. The van der Waals surface area contributed by atoms with Crippen LogP contribution in [0.4, 0.5) is 5.95 Å². The van der Waals surface area contributed by atoms with E-state index in [1.165, 1.54) is 48.5 Å². The second-order valence-electron chi connectivity index (χ2n) is 6.88. The highest BCUT2D eigenvalue weighted by atomic mass is 35.5. The lowest BCUT2D eigenvalue weighted by Gasteiger charge is -2.13. The standard InChI is InChI=1S/C20H19Cl2N5O5S2/c1-13-10-14(2)24-19(23-13)25-20(26-33(28,29)17-8-4-6-15(21)11-17)27(32-3)34(30,31)18-9-5-7-16(22)12-18/h4-12H,1-3H3,(H,23,24,25,26)/p+1. The number of aromatic nitrogens is 2. The first kappa shape index (κ1) is 25.7. The Morgan fingerprint density at radius 1 is 0.882 bits per heavy atom. The molecule has 0 atom stereocenters. The average molecular weight is 545 g/mol. The summed E-state index contributed by atoms with van der Waals surface area (Å²) in [5.74, 6) is -0.669. The zero-order chi connectivity index (χ0) is 25.1. The monoisotopic (exact) mass is 544 g/mol. The Labute approximate surface area is 207 Å². The van der Waals surface area contributed by atoms with Gasteiger partial charge in [0.1, 0.15) is 16.9 Å². The maximum Gasteiger partial charge on any atom is 0.421 e. The van der Waals surface area contributed by atoms with Crippen LogP contribution in [0, 0.1) is 13.8 Å². The summed E-state index contributed by atoms with van der Waals surface area (Å²) in [7, 11) is -7.73. The first-order chi connectivity index (χ1) is 15.9. The van der Waals surface area contributed by atoms with Gasteiger partial charge in [0.05, 0.1) is 0 Å². The minimum Gasteiger partial charge on any atom is -0.350 e. The van der Waals surface area contributed by atoms with Gasteiger partial charge in [-0.15, -0.1) is 0 Å². The SMILES string of the molecule is CO[N+](=C(Nc1nc(C)cc(C)n1)NS(=O)(=O)c1cccc(Cl)c1)S(=O)(=O)c1cccc(Cl)c1. The number of benzene rings is 2. The van der Waals surface area contributed by atoms with Crippen molar-refractivity contribution < 1.29 is 25.8 Å². The van der Waals surface area contributed by atoms with E-state index >= 15 is 0 Å². The number of anilines is 1. The van der Waals surface area contributed by atoms with Crippen LogP contribution in [0.25, 0.3) is 0 Å². The summed E-state index contributed by atoms with van der Waals surface area (Å²) in [4.78, 5) is 13.0. The quantitative estimate of drug-likeness (QED) is 0.209. The van der Waals surface area contributed by atoms with Crippen LogP contribution >= 0.6 is 23.2 Å². The van der Waals surface area contributed by atoms with Crippen LogP contribution in [0.2, 0.25) is 10.0 Å². The van der Waals surface area contributed by atoms with Gasteiger partial charge in [-0.3, -0.25) is 0 Å². The lowest BCUT2D eigenvalue weighted by Crippen LogP contribution is -2.45. The molecule has 0 bridgehead atoms. The third kappa shape index (κ3) is 5.95. The predicted molar refractivity (Wildman–Crippen MR) is 128 cm³/mol. The van der Waals surface area contributed by atoms with Gasteiger partial charge in [-0.2, -0.15) is 21.6 Å². The molecular weight excluding hydrogens is 525 g/mol. The van der Waals surface area contributed by atoms with Crippen LogP contribution < -0.4 is 10.0 Å². The number of halogens is 2. The van der Waals surface area contributed by atoms with E-state index in [2.05, 4.69) is 20.0 Å². The number of guanidine groups is 1. The van der Waals surface area contributed by atoms with Crippen molar-refractivity contribution in [2.45, 2.75) is 23.6 Å². The van der Waals surface area contributed by atoms with Crippen LogP contribution in [0.15, 0.2) is 64.4 Å². The number of nitrogens with one attached hydrogen (secondary N) is 2. The third-order valence-corrected chi connectivity index (χ3v) is 7.64. The summed E-state index contributed by atoms with van der Waals surface area (Å²) < 4.78 is 55.4. The summed E-state index contributed by atoms with van der Waals surface area (Å²) in [6, 6.07) is 12.5. The van der Waals surface area contributed by atoms with E-state index in [0.29, 0.717) is 15.5 Å². The molecule has 2 N–H and O–H groups in total. The Morgan fingerprint density at radius 3 is 1.94 bits per heavy atom. The highest BCUT2D eigenvalue weighted by Gasteiger charge is 2.34. The van der Waals surface area contributed by atoms with Gasteiger partial charge < -0.3 is 4.84 Å². The van der Waals surface area contributed by atoms with Gasteiger partial charge >= 0.3 is 26.0 Å². The first-order valence-electron chi connectivity index (χ1n) is 9.52. The molecule has 0 saturated carbocycles. The van der Waals surface area contributed by atoms with Crippen molar-refractivity contribution in [1.29, 1.82) is 0 Å². The zero-order valence-electron chi connectivity index (χ0n) is 18.2. The van der Waals surface area contributed by atoms with Crippen molar-refractivity contribution >= 4 is 55.2 Å². The Hall–Kier alpha value is -2.93. The van der Waals surface area contributed by atoms with Gasteiger partial charge in [-0.05, 0) is 56.3 Å². The fourth-order valence-corrected chi connectivity index (χ4v) is 5.71. The van der Waals surface area contributed by atoms with Gasteiger partial charge in [0.25, 0.3) is 5.95 Å². The third-order valence-electron chi connectivity index (χ3n) is 4.21. The van der Waals surface area contributed by atoms with Crippen molar-refractivity contribution in [1.82, 2.24) is 14.7 Å². The number of nitrogens with zero attached hydrogens (tertiary/aromatic N) is 3. The maximum absolute atomic E-state index is 13.3. The summed E-state index contributed by atoms with van der Waals surface area (Å²) in [6.07, 6.45) is 0. The molecule has 0 radical (unpaired) electrons. The number of hydrogen-bond donors (Lipinski definition) is 2. The molecule has 2 aromatic carbocycles. The van der Waals surface area contributed by atoms with Gasteiger partial charge in [0.2, 0.25) is 0 Å². The van der Waals surface area contributed by atoms with Crippen LogP contribution in [0.5, 0.6) is 0 Å². The van der Waals surface area contributed by atoms with E-state index < -0.39 is 26.0 Å². The molecule has 1 heterocycles. The van der Waals surface area contributed by atoms with Crippen LogP contribution in [-0.2, 0) is 24.9 Å². The number of sulfonamides is 2. The molecular formula is C20H20Cl2N5O5S2+. The number of aryl methyl sites for hydroxylation is 2. The normalized spacial score (nSPS) is 12.6. The van der Waals surface area contributed by atoms with E-state index in [-0.39, 0.29) is 25.8 Å². The van der Waals surface area contributed by atoms with Crippen molar-refractivity contribution in [3.05, 3.63) is 76.0 Å². The minimum absolute atomic E-state index is 0.0651. The number of rotatable bonds is 6. The van der Waals surface area contributed by atoms with E-state index in [0.717, 1.165) is 7.11 Å². The molecule has 0 aliphatic carbocycles. The van der Waals surface area contributed by atoms with Crippen LogP contribution in [-0.4, -0.2) is 44.0 Å². The lowest BCUT2D eigenvalue weighted by molar-refractivity contribution is -0.667. The van der Waals surface area contributed by atoms with E-state index in [1.807, 2.05) is 0 Å². The molecule has 180 valence electrons. The molecule has 0 unspecified atom stereocenters. The molecule has 0 saturated heterocycles. The fraction of sp³-hybridized carbons (Fsp3) is 0.150. The minimum atomic E-state index is -4.46. The lowest BCUT2D eigenvalue weighted by atomic mass is 10.4. The van der Waals surface area contributed by atoms with Crippen LogP contribution in [0.1, 0.15) is 11.4 Å². The van der Waals surface area contributed by atoms with Gasteiger partial charge in [0.15, 0.2) is 0 Å². The molecule has 14 heteroatoms. The van der Waals surface area contributed by atoms with E-state index in [1.54, 1.807) is 19.9 Å². The molecule has 34 heavy (non-hydrogen) atoms. The van der Waals surface area contributed by atoms with E-state index in [4.69, 9.17) is 28.0 Å². The average Bonchev–Trinajstić information content (AvgIpc) is 2.73. The zero-order valence-corrected chi connectivity index (χ0v) is 21.3. The summed E-state index contributed by atoms with van der Waals surface area (Å²) in [6.45, 7) is 3.40. The Morgan fingerprint density at radius 2 is 1.41 bits per heavy atom. The Balaban J connectivity index is 2.20. The van der Waals surface area contributed by atoms with E-state index in [9.17, 15) is 16.8 Å². The van der Waals surface area contributed by atoms with Crippen molar-refractivity contribution in [3.63, 3.8) is 0 Å². The largest absolute Gasteiger partial charge is 0.421 e. The Bertz CT molecular complexity index is 1460. The van der Waals surface area contributed by atoms with Crippen LogP contribution in [0.3, 0.4) is 0 Å². The first-order valence-corrected chi connectivity index (χ1v) is 13.2. The molecule has 0 amide bonds. The van der Waals surface area contributed by atoms with Crippen molar-refractivity contribution in [3.8, 4) is 0 Å². The second kappa shape index (κ2) is 10.1. The Kier molecular flexibility index (Phi) is 7.66. The molecule has 10 nitrogen and oxygen atoms in total. The molecule has 1 aromatic heterocycles. The van der Waals surface area contributed by atoms with Gasteiger partial charge in [0, 0.05) is 25.6 Å². The summed E-state index contributed by atoms with van der Waals surface area (Å²) in [5, 5.41) is 2.93. The van der Waals surface area contributed by atoms with Crippen molar-refractivity contribution in [2.24, 2.45) is 0 Å². The fourth-order valence-electron chi connectivity index (χ4n) is 2.85. The number of hydrogen-bond acceptors (Lipinski definition) is 7. The summed E-state index contributed by atoms with van der Waals surface area (Å²) >= 11 is 11.9. The van der Waals surface area contributed by atoms with Crippen molar-refractivity contribution in [2.75, 3.05) is 12.4 Å². The molecule has 3 aromatic rings. The molecule has 0 spiro atoms. The second-order valence-corrected chi connectivity index (χ2v) is 11.2. The molecule has 3 rings (SSSR count).